The number of carbonyl (C=O) groups is 1. The fourth-order valence-electron chi connectivity index (χ4n) is 2.61. The molecular formula is C16H25ClN2O. The number of aryl methyl sites for hydroxylation is 2. The lowest BCUT2D eigenvalue weighted by Crippen LogP contribution is -2.33. The summed E-state index contributed by atoms with van der Waals surface area (Å²) in [6.45, 7) is 5.82. The minimum Gasteiger partial charge on any atom is -0.342 e. The summed E-state index contributed by atoms with van der Waals surface area (Å²) in [4.78, 5) is 14.1. The van der Waals surface area contributed by atoms with Crippen LogP contribution in [0, 0.1) is 12.8 Å². The van der Waals surface area contributed by atoms with E-state index in [-0.39, 0.29) is 24.4 Å². The summed E-state index contributed by atoms with van der Waals surface area (Å²) in [7, 11) is 0. The molecule has 1 aromatic rings. The number of hydrogen-bond acceptors (Lipinski definition) is 2. The van der Waals surface area contributed by atoms with E-state index in [1.807, 2.05) is 11.8 Å². The molecule has 2 rings (SSSR count). The van der Waals surface area contributed by atoms with Crippen molar-refractivity contribution in [1.82, 2.24) is 4.90 Å². The van der Waals surface area contributed by atoms with Crippen molar-refractivity contribution < 1.29 is 4.79 Å². The van der Waals surface area contributed by atoms with Gasteiger partial charge in [-0.25, -0.2) is 0 Å². The summed E-state index contributed by atoms with van der Waals surface area (Å²) in [5.74, 6) is 0.743. The third-order valence-corrected chi connectivity index (χ3v) is 4.07. The Morgan fingerprint density at radius 1 is 1.40 bits per heavy atom. The maximum absolute atomic E-state index is 12.1. The molecule has 4 heteroatoms. The van der Waals surface area contributed by atoms with Gasteiger partial charge in [0.2, 0.25) is 5.91 Å². The number of benzene rings is 1. The lowest BCUT2D eigenvalue weighted by Gasteiger charge is -2.18. The summed E-state index contributed by atoms with van der Waals surface area (Å²) < 4.78 is 0. The molecule has 1 heterocycles. The Hall–Kier alpha value is -1.06. The molecule has 1 aliphatic heterocycles. The largest absolute Gasteiger partial charge is 0.342 e. The highest BCUT2D eigenvalue weighted by Gasteiger charge is 2.27. The van der Waals surface area contributed by atoms with Crippen molar-refractivity contribution in [1.29, 1.82) is 0 Å². The molecule has 112 valence electrons. The first kappa shape index (κ1) is 17.0. The van der Waals surface area contributed by atoms with E-state index in [0.29, 0.717) is 12.3 Å². The van der Waals surface area contributed by atoms with Gasteiger partial charge >= 0.3 is 0 Å². The van der Waals surface area contributed by atoms with Gasteiger partial charge in [0.05, 0.1) is 0 Å². The second-order valence-electron chi connectivity index (χ2n) is 5.73. The predicted molar refractivity (Wildman–Crippen MR) is 85.1 cm³/mol. The number of nitrogens with zero attached hydrogens (tertiary/aromatic N) is 1. The normalized spacial score (nSPS) is 19.6. The Bertz CT molecular complexity index is 431. The van der Waals surface area contributed by atoms with Crippen LogP contribution in [-0.2, 0) is 11.2 Å². The molecule has 0 radical (unpaired) electrons. The first-order valence-electron chi connectivity index (χ1n) is 7.15. The van der Waals surface area contributed by atoms with Gasteiger partial charge in [-0.15, -0.1) is 12.4 Å². The number of amides is 1. The number of nitrogens with two attached hydrogens (primary N) is 1. The second kappa shape index (κ2) is 7.65. The third-order valence-electron chi connectivity index (χ3n) is 4.07. The van der Waals surface area contributed by atoms with Crippen molar-refractivity contribution in [2.45, 2.75) is 39.2 Å². The van der Waals surface area contributed by atoms with E-state index in [2.05, 4.69) is 31.2 Å². The molecule has 3 nitrogen and oxygen atoms in total. The van der Waals surface area contributed by atoms with Gasteiger partial charge in [0.15, 0.2) is 0 Å². The summed E-state index contributed by atoms with van der Waals surface area (Å²) in [6.07, 6.45) is 2.49. The van der Waals surface area contributed by atoms with Crippen LogP contribution in [0.25, 0.3) is 0 Å². The topological polar surface area (TPSA) is 46.3 Å². The molecule has 0 spiro atoms. The van der Waals surface area contributed by atoms with E-state index in [4.69, 9.17) is 5.73 Å². The van der Waals surface area contributed by atoms with Gasteiger partial charge < -0.3 is 10.6 Å². The molecule has 0 aliphatic carbocycles. The number of halogens is 1. The van der Waals surface area contributed by atoms with E-state index >= 15 is 0 Å². The quantitative estimate of drug-likeness (QED) is 0.928. The van der Waals surface area contributed by atoms with Crippen LogP contribution in [0.15, 0.2) is 24.3 Å². The zero-order valence-corrected chi connectivity index (χ0v) is 13.2. The second-order valence-corrected chi connectivity index (χ2v) is 5.73. The Morgan fingerprint density at radius 2 is 2.05 bits per heavy atom. The molecule has 0 bridgehead atoms. The summed E-state index contributed by atoms with van der Waals surface area (Å²) >= 11 is 0. The molecule has 1 amide bonds. The van der Waals surface area contributed by atoms with Crippen molar-refractivity contribution in [3.63, 3.8) is 0 Å². The molecule has 20 heavy (non-hydrogen) atoms. The standard InChI is InChI=1S/C16H24N2O.ClH/c1-12-3-5-14(6-4-12)7-8-16(19)18-10-9-15(11-18)13(2)17;/h3-6,13,15H,7-11,17H2,1-2H3;1H. The van der Waals surface area contributed by atoms with E-state index in [9.17, 15) is 4.79 Å². The zero-order valence-electron chi connectivity index (χ0n) is 12.3. The molecule has 0 saturated carbocycles. The minimum absolute atomic E-state index is 0. The van der Waals surface area contributed by atoms with Gasteiger partial charge in [-0.3, -0.25) is 4.79 Å². The minimum atomic E-state index is 0. The molecule has 1 aliphatic rings. The fourth-order valence-corrected chi connectivity index (χ4v) is 2.61. The maximum atomic E-state index is 12.1. The van der Waals surface area contributed by atoms with Crippen molar-refractivity contribution in [3.8, 4) is 0 Å². The van der Waals surface area contributed by atoms with Crippen LogP contribution in [0.2, 0.25) is 0 Å². The maximum Gasteiger partial charge on any atom is 0.222 e. The number of hydrogen-bond donors (Lipinski definition) is 1. The van der Waals surface area contributed by atoms with Gasteiger partial charge in [0.25, 0.3) is 0 Å². The molecule has 2 unspecified atom stereocenters. The summed E-state index contributed by atoms with van der Waals surface area (Å²) in [5, 5.41) is 0. The first-order valence-corrected chi connectivity index (χ1v) is 7.15. The highest BCUT2D eigenvalue weighted by atomic mass is 35.5. The predicted octanol–water partition coefficient (Wildman–Crippen LogP) is 2.55. The summed E-state index contributed by atoms with van der Waals surface area (Å²) in [5.41, 5.74) is 8.40. The molecule has 1 fully saturated rings. The van der Waals surface area contributed by atoms with Crippen molar-refractivity contribution in [2.75, 3.05) is 13.1 Å². The average Bonchev–Trinajstić information content (AvgIpc) is 2.87. The third kappa shape index (κ3) is 4.50. The molecule has 1 saturated heterocycles. The van der Waals surface area contributed by atoms with Gasteiger partial charge in [-0.1, -0.05) is 29.8 Å². The molecule has 1 aromatic carbocycles. The van der Waals surface area contributed by atoms with E-state index in [1.54, 1.807) is 0 Å². The summed E-state index contributed by atoms with van der Waals surface area (Å²) in [6, 6.07) is 8.60. The van der Waals surface area contributed by atoms with Crippen LogP contribution < -0.4 is 5.73 Å². The van der Waals surface area contributed by atoms with E-state index < -0.39 is 0 Å². The van der Waals surface area contributed by atoms with Gasteiger partial charge in [-0.05, 0) is 38.2 Å². The number of rotatable bonds is 4. The van der Waals surface area contributed by atoms with Crippen LogP contribution in [0.5, 0.6) is 0 Å². The Morgan fingerprint density at radius 3 is 2.60 bits per heavy atom. The lowest BCUT2D eigenvalue weighted by atomic mass is 10.0. The highest BCUT2D eigenvalue weighted by molar-refractivity contribution is 5.85. The first-order chi connectivity index (χ1) is 9.06. The van der Waals surface area contributed by atoms with Gasteiger partial charge in [0, 0.05) is 25.6 Å². The van der Waals surface area contributed by atoms with Gasteiger partial charge in [0.1, 0.15) is 0 Å². The average molecular weight is 297 g/mol. The molecule has 2 atom stereocenters. The van der Waals surface area contributed by atoms with Crippen molar-refractivity contribution >= 4 is 18.3 Å². The molecular weight excluding hydrogens is 272 g/mol. The van der Waals surface area contributed by atoms with Gasteiger partial charge in [-0.2, -0.15) is 0 Å². The van der Waals surface area contributed by atoms with Crippen molar-refractivity contribution in [3.05, 3.63) is 35.4 Å². The fraction of sp³-hybridized carbons (Fsp3) is 0.562. The Balaban J connectivity index is 0.00000200. The Labute approximate surface area is 127 Å². The zero-order chi connectivity index (χ0) is 13.8. The molecule has 2 N–H and O–H groups in total. The number of likely N-dealkylation sites (tertiary alicyclic amines) is 1. The van der Waals surface area contributed by atoms with Crippen LogP contribution in [-0.4, -0.2) is 29.9 Å². The van der Waals surface area contributed by atoms with Crippen LogP contribution in [0.1, 0.15) is 30.9 Å². The van der Waals surface area contributed by atoms with Crippen LogP contribution >= 0.6 is 12.4 Å². The van der Waals surface area contributed by atoms with E-state index in [1.165, 1.54) is 11.1 Å². The highest BCUT2D eigenvalue weighted by Crippen LogP contribution is 2.19. The Kier molecular flexibility index (Phi) is 6.50. The SMILES string of the molecule is Cc1ccc(CCC(=O)N2CCC(C(C)N)C2)cc1.Cl. The van der Waals surface area contributed by atoms with E-state index in [0.717, 1.165) is 25.9 Å². The smallest absolute Gasteiger partial charge is 0.222 e. The van der Waals surface area contributed by atoms with Crippen molar-refractivity contribution in [2.24, 2.45) is 11.7 Å². The monoisotopic (exact) mass is 296 g/mol. The van der Waals surface area contributed by atoms with Crippen LogP contribution in [0.3, 0.4) is 0 Å². The lowest BCUT2D eigenvalue weighted by molar-refractivity contribution is -0.130. The number of carbonyl (C=O) groups excluding carboxylic acids is 1. The molecule has 0 aromatic heterocycles. The van der Waals surface area contributed by atoms with Crippen LogP contribution in [0.4, 0.5) is 0 Å².